The van der Waals surface area contributed by atoms with Crippen molar-refractivity contribution >= 4 is 31.4 Å². The minimum absolute atomic E-state index is 0.229. The van der Waals surface area contributed by atoms with Gasteiger partial charge in [-0.15, -0.1) is 0 Å². The van der Waals surface area contributed by atoms with Crippen molar-refractivity contribution in [3.05, 3.63) is 30.3 Å². The van der Waals surface area contributed by atoms with Crippen LogP contribution in [0.1, 0.15) is 97.3 Å². The molecule has 0 radical (unpaired) electrons. The second-order valence-electron chi connectivity index (χ2n) is 8.68. The molecular formula is C27H44O4Se. The number of unbranched alkanes of at least 4 members (excludes halogenated alkanes) is 11. The molecule has 182 valence electrons. The summed E-state index contributed by atoms with van der Waals surface area (Å²) in [4.78, 5) is 25.5. The van der Waals surface area contributed by atoms with Gasteiger partial charge >= 0.3 is 183 Å². The van der Waals surface area contributed by atoms with Gasteiger partial charge in [-0.3, -0.25) is 0 Å². The molecule has 1 aromatic rings. The fourth-order valence-electron chi connectivity index (χ4n) is 4.14. The van der Waals surface area contributed by atoms with Gasteiger partial charge in [0.05, 0.1) is 0 Å². The first kappa shape index (κ1) is 28.7. The SMILES string of the molecule is CCCCCCCCCCCCCC[C@]([Se]c1ccccc1)(C(=O)OC)[C@H](C)C(=O)OC. The molecule has 0 aliphatic carbocycles. The van der Waals surface area contributed by atoms with E-state index in [2.05, 4.69) is 6.92 Å². The maximum atomic E-state index is 13.0. The molecule has 0 heterocycles. The first-order chi connectivity index (χ1) is 15.5. The Kier molecular flexibility index (Phi) is 15.4. The Bertz CT molecular complexity index is 634. The Hall–Kier alpha value is -1.32. The number of hydrogen-bond donors (Lipinski definition) is 0. The molecule has 0 N–H and O–H groups in total. The number of rotatable bonds is 18. The maximum absolute atomic E-state index is 13.0. The molecule has 0 saturated carbocycles. The van der Waals surface area contributed by atoms with Gasteiger partial charge in [-0.2, -0.15) is 0 Å². The summed E-state index contributed by atoms with van der Waals surface area (Å²) in [5.41, 5.74) is 0. The molecule has 0 fully saturated rings. The predicted octanol–water partition coefficient (Wildman–Crippen LogP) is 6.25. The molecule has 0 bridgehead atoms. The van der Waals surface area contributed by atoms with Crippen LogP contribution in [-0.2, 0) is 19.1 Å². The summed E-state index contributed by atoms with van der Waals surface area (Å²) in [6.07, 6.45) is 15.9. The van der Waals surface area contributed by atoms with Gasteiger partial charge in [0.2, 0.25) is 0 Å². The molecule has 4 nitrogen and oxygen atoms in total. The van der Waals surface area contributed by atoms with Gasteiger partial charge in [-0.05, 0) is 0 Å². The Morgan fingerprint density at radius 3 is 1.78 bits per heavy atom. The van der Waals surface area contributed by atoms with E-state index in [1.165, 1.54) is 78.4 Å². The van der Waals surface area contributed by atoms with Crippen LogP contribution in [0.4, 0.5) is 0 Å². The third-order valence-corrected chi connectivity index (χ3v) is 9.58. The van der Waals surface area contributed by atoms with Crippen LogP contribution in [0.15, 0.2) is 30.3 Å². The Labute approximate surface area is 202 Å². The first-order valence-corrected chi connectivity index (χ1v) is 14.1. The first-order valence-electron chi connectivity index (χ1n) is 12.4. The van der Waals surface area contributed by atoms with E-state index < -0.39 is 10.2 Å². The van der Waals surface area contributed by atoms with Crippen molar-refractivity contribution in [2.75, 3.05) is 14.2 Å². The fraction of sp³-hybridized carbons (Fsp3) is 0.704. The van der Waals surface area contributed by atoms with Gasteiger partial charge in [0, 0.05) is 0 Å². The van der Waals surface area contributed by atoms with Crippen molar-refractivity contribution < 1.29 is 19.1 Å². The van der Waals surface area contributed by atoms with E-state index in [9.17, 15) is 9.59 Å². The van der Waals surface area contributed by atoms with Crippen molar-refractivity contribution in [1.82, 2.24) is 0 Å². The van der Waals surface area contributed by atoms with Crippen LogP contribution in [0.2, 0.25) is 4.31 Å². The van der Waals surface area contributed by atoms with Crippen LogP contribution in [0, 0.1) is 5.92 Å². The Morgan fingerprint density at radius 2 is 1.31 bits per heavy atom. The zero-order chi connectivity index (χ0) is 23.7. The molecule has 0 aromatic heterocycles. The summed E-state index contributed by atoms with van der Waals surface area (Å²) < 4.78 is 10.5. The molecule has 0 spiro atoms. The summed E-state index contributed by atoms with van der Waals surface area (Å²) >= 11 is -0.229. The van der Waals surface area contributed by atoms with Gasteiger partial charge in [-0.1, -0.05) is 19.8 Å². The molecule has 0 aliphatic rings. The second-order valence-corrected chi connectivity index (χ2v) is 11.6. The summed E-state index contributed by atoms with van der Waals surface area (Å²) in [6.45, 7) is 4.07. The van der Waals surface area contributed by atoms with Crippen molar-refractivity contribution in [2.45, 2.75) is 102 Å². The zero-order valence-corrected chi connectivity index (χ0v) is 22.4. The van der Waals surface area contributed by atoms with E-state index in [0.717, 1.165) is 17.3 Å². The summed E-state index contributed by atoms with van der Waals surface area (Å²) in [5.74, 6) is -1.16. The number of carbonyl (C=O) groups excluding carboxylic acids is 2. The molecule has 2 atom stereocenters. The molecular weight excluding hydrogens is 467 g/mol. The number of ether oxygens (including phenoxy) is 2. The predicted molar refractivity (Wildman–Crippen MR) is 133 cm³/mol. The fourth-order valence-corrected chi connectivity index (χ4v) is 7.08. The normalized spacial score (nSPS) is 13.9. The third kappa shape index (κ3) is 10.1. The van der Waals surface area contributed by atoms with Gasteiger partial charge in [0.25, 0.3) is 0 Å². The van der Waals surface area contributed by atoms with Crippen molar-refractivity contribution in [1.29, 1.82) is 0 Å². The average Bonchev–Trinajstić information content (AvgIpc) is 2.83. The quantitative estimate of drug-likeness (QED) is 0.133. The van der Waals surface area contributed by atoms with Crippen LogP contribution in [0.5, 0.6) is 0 Å². The zero-order valence-electron chi connectivity index (χ0n) is 20.7. The molecule has 32 heavy (non-hydrogen) atoms. The van der Waals surface area contributed by atoms with Crippen LogP contribution < -0.4 is 4.46 Å². The molecule has 0 aliphatic heterocycles. The molecule has 0 amide bonds. The molecule has 1 rings (SSSR count). The number of carbonyl (C=O) groups is 2. The van der Waals surface area contributed by atoms with E-state index in [1.54, 1.807) is 0 Å². The van der Waals surface area contributed by atoms with Crippen molar-refractivity contribution in [3.8, 4) is 0 Å². The number of hydrogen-bond acceptors (Lipinski definition) is 4. The monoisotopic (exact) mass is 512 g/mol. The van der Waals surface area contributed by atoms with E-state index in [0.29, 0.717) is 6.42 Å². The molecule has 0 unspecified atom stereocenters. The standard InChI is InChI=1S/C27H44O4Se/c1-5-6-7-8-9-10-11-12-13-14-15-19-22-27(26(29)31-4,23(2)25(28)30-3)32-24-20-17-16-18-21-24/h16-18,20-21,23H,5-15,19,22H2,1-4H3/t23-,27-/m1/s1. The van der Waals surface area contributed by atoms with Gasteiger partial charge < -0.3 is 0 Å². The minimum atomic E-state index is -0.839. The summed E-state index contributed by atoms with van der Waals surface area (Å²) in [6, 6.07) is 9.99. The Morgan fingerprint density at radius 1 is 0.812 bits per heavy atom. The van der Waals surface area contributed by atoms with Crippen LogP contribution in [0.3, 0.4) is 0 Å². The summed E-state index contributed by atoms with van der Waals surface area (Å²) in [7, 11) is 2.81. The molecule has 0 saturated heterocycles. The van der Waals surface area contributed by atoms with E-state index in [1.807, 2.05) is 37.3 Å². The van der Waals surface area contributed by atoms with Crippen LogP contribution in [-0.4, -0.2) is 41.1 Å². The average molecular weight is 512 g/mol. The second kappa shape index (κ2) is 17.2. The number of esters is 2. The molecule has 5 heteroatoms. The van der Waals surface area contributed by atoms with Crippen LogP contribution >= 0.6 is 0 Å². The van der Waals surface area contributed by atoms with Crippen LogP contribution in [0.25, 0.3) is 0 Å². The Balaban J connectivity index is 2.57. The van der Waals surface area contributed by atoms with Crippen molar-refractivity contribution in [3.63, 3.8) is 0 Å². The van der Waals surface area contributed by atoms with E-state index in [-0.39, 0.29) is 26.9 Å². The third-order valence-electron chi connectivity index (χ3n) is 6.23. The number of methoxy groups -OCH3 is 2. The van der Waals surface area contributed by atoms with E-state index >= 15 is 0 Å². The van der Waals surface area contributed by atoms with Gasteiger partial charge in [0.1, 0.15) is 0 Å². The van der Waals surface area contributed by atoms with Crippen molar-refractivity contribution in [2.24, 2.45) is 5.92 Å². The number of benzene rings is 1. The van der Waals surface area contributed by atoms with E-state index in [4.69, 9.17) is 9.47 Å². The van der Waals surface area contributed by atoms with Gasteiger partial charge in [0.15, 0.2) is 0 Å². The topological polar surface area (TPSA) is 52.6 Å². The molecule has 1 aromatic carbocycles. The summed E-state index contributed by atoms with van der Waals surface area (Å²) in [5, 5.41) is 0. The van der Waals surface area contributed by atoms with Gasteiger partial charge in [-0.25, -0.2) is 0 Å².